The molecule has 0 unspecified atom stereocenters. The highest BCUT2D eigenvalue weighted by atomic mass is 35.5. The van der Waals surface area contributed by atoms with E-state index in [1.807, 2.05) is 6.92 Å². The second-order valence-electron chi connectivity index (χ2n) is 4.53. The zero-order valence-corrected chi connectivity index (χ0v) is 13.1. The van der Waals surface area contributed by atoms with E-state index in [2.05, 4.69) is 5.32 Å². The fourth-order valence-electron chi connectivity index (χ4n) is 1.83. The van der Waals surface area contributed by atoms with Gasteiger partial charge in [-0.15, -0.1) is 0 Å². The SMILES string of the molecule is CCOCCOc1ccc(C(=O)Nc2cccc(Cl)c2)cc1. The first-order valence-electron chi connectivity index (χ1n) is 7.06. The lowest BCUT2D eigenvalue weighted by Crippen LogP contribution is -2.12. The zero-order chi connectivity index (χ0) is 15.8. The van der Waals surface area contributed by atoms with Crippen LogP contribution < -0.4 is 10.1 Å². The third kappa shape index (κ3) is 5.06. The van der Waals surface area contributed by atoms with E-state index in [-0.39, 0.29) is 5.91 Å². The maximum absolute atomic E-state index is 12.1. The Hall–Kier alpha value is -2.04. The summed E-state index contributed by atoms with van der Waals surface area (Å²) in [6.07, 6.45) is 0. The Labute approximate surface area is 135 Å². The van der Waals surface area contributed by atoms with E-state index in [0.29, 0.717) is 41.8 Å². The maximum Gasteiger partial charge on any atom is 0.255 e. The molecule has 1 amide bonds. The number of ether oxygens (including phenoxy) is 2. The third-order valence-electron chi connectivity index (χ3n) is 2.90. The maximum atomic E-state index is 12.1. The second-order valence-corrected chi connectivity index (χ2v) is 4.97. The van der Waals surface area contributed by atoms with Gasteiger partial charge in [0, 0.05) is 22.9 Å². The summed E-state index contributed by atoms with van der Waals surface area (Å²) >= 11 is 5.89. The van der Waals surface area contributed by atoms with Crippen molar-refractivity contribution in [3.05, 3.63) is 59.1 Å². The number of hydrogen-bond acceptors (Lipinski definition) is 3. The largest absolute Gasteiger partial charge is 0.491 e. The summed E-state index contributed by atoms with van der Waals surface area (Å²) in [4.78, 5) is 12.1. The Balaban J connectivity index is 1.90. The van der Waals surface area contributed by atoms with Crippen molar-refractivity contribution in [1.29, 1.82) is 0 Å². The van der Waals surface area contributed by atoms with Crippen LogP contribution in [-0.4, -0.2) is 25.7 Å². The van der Waals surface area contributed by atoms with Crippen molar-refractivity contribution in [3.63, 3.8) is 0 Å². The number of halogens is 1. The molecular formula is C17H18ClNO3. The van der Waals surface area contributed by atoms with Crippen LogP contribution in [0.25, 0.3) is 0 Å². The van der Waals surface area contributed by atoms with E-state index >= 15 is 0 Å². The molecule has 0 spiro atoms. The molecular weight excluding hydrogens is 302 g/mol. The predicted octanol–water partition coefficient (Wildman–Crippen LogP) is 4.01. The number of nitrogens with one attached hydrogen (secondary N) is 1. The molecule has 0 saturated carbocycles. The molecule has 5 heteroatoms. The van der Waals surface area contributed by atoms with Crippen LogP contribution in [-0.2, 0) is 4.74 Å². The Morgan fingerprint density at radius 1 is 1.14 bits per heavy atom. The minimum absolute atomic E-state index is 0.192. The van der Waals surface area contributed by atoms with Crippen LogP contribution in [0.1, 0.15) is 17.3 Å². The molecule has 2 aromatic rings. The molecule has 0 aliphatic rings. The molecule has 0 radical (unpaired) electrons. The fourth-order valence-corrected chi connectivity index (χ4v) is 2.03. The number of amides is 1. The average molecular weight is 320 g/mol. The summed E-state index contributed by atoms with van der Waals surface area (Å²) in [5.74, 6) is 0.516. The quantitative estimate of drug-likeness (QED) is 0.784. The van der Waals surface area contributed by atoms with E-state index in [9.17, 15) is 4.79 Å². The standard InChI is InChI=1S/C17H18ClNO3/c1-2-21-10-11-22-16-8-6-13(7-9-16)17(20)19-15-5-3-4-14(18)12-15/h3-9,12H,2,10-11H2,1H3,(H,19,20). The van der Waals surface area contributed by atoms with Crippen LogP contribution in [0.5, 0.6) is 5.75 Å². The number of rotatable bonds is 7. The molecule has 0 aliphatic heterocycles. The van der Waals surface area contributed by atoms with Crippen LogP contribution in [0.15, 0.2) is 48.5 Å². The van der Waals surface area contributed by atoms with E-state index in [1.165, 1.54) is 0 Å². The number of anilines is 1. The molecule has 0 saturated heterocycles. The normalized spacial score (nSPS) is 10.3. The van der Waals surface area contributed by atoms with Crippen LogP contribution >= 0.6 is 11.6 Å². The van der Waals surface area contributed by atoms with E-state index in [1.54, 1.807) is 48.5 Å². The number of carbonyl (C=O) groups is 1. The minimum Gasteiger partial charge on any atom is -0.491 e. The monoisotopic (exact) mass is 319 g/mol. The summed E-state index contributed by atoms with van der Waals surface area (Å²) < 4.78 is 10.7. The molecule has 0 heterocycles. The molecule has 22 heavy (non-hydrogen) atoms. The Morgan fingerprint density at radius 2 is 1.91 bits per heavy atom. The highest BCUT2D eigenvalue weighted by Crippen LogP contribution is 2.17. The minimum atomic E-state index is -0.192. The van der Waals surface area contributed by atoms with Gasteiger partial charge in [-0.1, -0.05) is 17.7 Å². The smallest absolute Gasteiger partial charge is 0.255 e. The van der Waals surface area contributed by atoms with Crippen molar-refractivity contribution in [1.82, 2.24) is 0 Å². The van der Waals surface area contributed by atoms with E-state index in [4.69, 9.17) is 21.1 Å². The summed E-state index contributed by atoms with van der Waals surface area (Å²) in [7, 11) is 0. The van der Waals surface area contributed by atoms with Gasteiger partial charge in [0.15, 0.2) is 0 Å². The fraction of sp³-hybridized carbons (Fsp3) is 0.235. The van der Waals surface area contributed by atoms with Crippen molar-refractivity contribution in [2.75, 3.05) is 25.1 Å². The van der Waals surface area contributed by atoms with Crippen LogP contribution in [0.3, 0.4) is 0 Å². The summed E-state index contributed by atoms with van der Waals surface area (Å²) in [6, 6.07) is 14.0. The highest BCUT2D eigenvalue weighted by Gasteiger charge is 2.06. The van der Waals surface area contributed by atoms with Gasteiger partial charge in [-0.3, -0.25) is 4.79 Å². The first-order valence-corrected chi connectivity index (χ1v) is 7.44. The van der Waals surface area contributed by atoms with Crippen LogP contribution in [0.2, 0.25) is 5.02 Å². The van der Waals surface area contributed by atoms with Gasteiger partial charge in [0.05, 0.1) is 6.61 Å². The Bertz CT molecular complexity index is 614. The molecule has 0 aromatic heterocycles. The zero-order valence-electron chi connectivity index (χ0n) is 12.3. The average Bonchev–Trinajstić information content (AvgIpc) is 2.52. The van der Waals surface area contributed by atoms with E-state index in [0.717, 1.165) is 0 Å². The predicted molar refractivity (Wildman–Crippen MR) is 87.8 cm³/mol. The number of hydrogen-bond donors (Lipinski definition) is 1. The van der Waals surface area contributed by atoms with Crippen LogP contribution in [0.4, 0.5) is 5.69 Å². The third-order valence-corrected chi connectivity index (χ3v) is 3.13. The molecule has 0 fully saturated rings. The summed E-state index contributed by atoms with van der Waals surface area (Å²) in [5.41, 5.74) is 1.21. The second kappa shape index (κ2) is 8.41. The Kier molecular flexibility index (Phi) is 6.25. The van der Waals surface area contributed by atoms with Gasteiger partial charge in [-0.05, 0) is 49.4 Å². The van der Waals surface area contributed by atoms with Gasteiger partial charge < -0.3 is 14.8 Å². The lowest BCUT2D eigenvalue weighted by Gasteiger charge is -2.08. The lowest BCUT2D eigenvalue weighted by atomic mass is 10.2. The number of benzene rings is 2. The van der Waals surface area contributed by atoms with Gasteiger partial charge in [-0.25, -0.2) is 0 Å². The van der Waals surface area contributed by atoms with Crippen LogP contribution in [0, 0.1) is 0 Å². The lowest BCUT2D eigenvalue weighted by molar-refractivity contribution is 0.102. The highest BCUT2D eigenvalue weighted by molar-refractivity contribution is 6.30. The summed E-state index contributed by atoms with van der Waals surface area (Å²) in [5, 5.41) is 3.37. The van der Waals surface area contributed by atoms with Crippen molar-refractivity contribution in [2.45, 2.75) is 6.92 Å². The molecule has 2 aromatic carbocycles. The first-order chi connectivity index (χ1) is 10.7. The molecule has 2 rings (SSSR count). The van der Waals surface area contributed by atoms with Crippen molar-refractivity contribution >= 4 is 23.2 Å². The molecule has 0 bridgehead atoms. The molecule has 4 nitrogen and oxygen atoms in total. The van der Waals surface area contributed by atoms with Crippen molar-refractivity contribution in [2.24, 2.45) is 0 Å². The first kappa shape index (κ1) is 16.3. The van der Waals surface area contributed by atoms with Gasteiger partial charge in [0.1, 0.15) is 12.4 Å². The molecule has 0 aliphatic carbocycles. The molecule has 0 atom stereocenters. The number of carbonyl (C=O) groups excluding carboxylic acids is 1. The topological polar surface area (TPSA) is 47.6 Å². The molecule has 116 valence electrons. The van der Waals surface area contributed by atoms with Gasteiger partial charge in [-0.2, -0.15) is 0 Å². The van der Waals surface area contributed by atoms with E-state index < -0.39 is 0 Å². The van der Waals surface area contributed by atoms with Crippen molar-refractivity contribution in [3.8, 4) is 5.75 Å². The van der Waals surface area contributed by atoms with Gasteiger partial charge in [0.2, 0.25) is 0 Å². The molecule has 1 N–H and O–H groups in total. The van der Waals surface area contributed by atoms with Crippen molar-refractivity contribution < 1.29 is 14.3 Å². The Morgan fingerprint density at radius 3 is 2.59 bits per heavy atom. The summed E-state index contributed by atoms with van der Waals surface area (Å²) in [6.45, 7) is 3.65. The van der Waals surface area contributed by atoms with Gasteiger partial charge >= 0.3 is 0 Å². The van der Waals surface area contributed by atoms with Gasteiger partial charge in [0.25, 0.3) is 5.91 Å².